The standard InChI is InChI=1S/C22H25FN2O.C2HF3O2/c23-21-15-18(17-7-2-1-3-8-17)10-11-20(21)22(26)25-14-6-9-19(25)16-24-12-4-5-13-24;3-2(4,5)1(6)7/h1-3,7-8,10-11,15,19H,4-6,9,12-14,16H2;(H,6,7). The van der Waals surface area contributed by atoms with Gasteiger partial charge in [0.2, 0.25) is 0 Å². The molecule has 2 aromatic rings. The van der Waals surface area contributed by atoms with Gasteiger partial charge in [0, 0.05) is 19.1 Å². The van der Waals surface area contributed by atoms with Gasteiger partial charge >= 0.3 is 12.1 Å². The van der Waals surface area contributed by atoms with E-state index in [2.05, 4.69) is 4.90 Å². The highest BCUT2D eigenvalue weighted by Gasteiger charge is 2.38. The summed E-state index contributed by atoms with van der Waals surface area (Å²) in [6.45, 7) is 3.91. The van der Waals surface area contributed by atoms with E-state index in [1.807, 2.05) is 41.3 Å². The van der Waals surface area contributed by atoms with Crippen molar-refractivity contribution < 1.29 is 32.3 Å². The number of hydrogen-bond donors (Lipinski definition) is 1. The molecule has 0 radical (unpaired) electrons. The van der Waals surface area contributed by atoms with Crippen LogP contribution in [-0.2, 0) is 4.79 Å². The summed E-state index contributed by atoms with van der Waals surface area (Å²) in [5, 5.41) is 7.12. The molecule has 5 nitrogen and oxygen atoms in total. The molecule has 178 valence electrons. The van der Waals surface area contributed by atoms with E-state index in [0.29, 0.717) is 0 Å². The van der Waals surface area contributed by atoms with Crippen LogP contribution in [-0.4, -0.2) is 65.2 Å². The van der Waals surface area contributed by atoms with E-state index in [1.54, 1.807) is 6.07 Å². The van der Waals surface area contributed by atoms with Crippen molar-refractivity contribution in [3.63, 3.8) is 0 Å². The Hall–Kier alpha value is -2.94. The SMILES string of the molecule is O=C(O)C(F)(F)F.O=C(c1ccc(-c2ccccc2)cc1F)N1CCCC1CN1CCCC1. The third kappa shape index (κ3) is 6.54. The molecule has 2 aromatic carbocycles. The van der Waals surface area contributed by atoms with Crippen molar-refractivity contribution in [3.8, 4) is 11.1 Å². The summed E-state index contributed by atoms with van der Waals surface area (Å²) in [6.07, 6.45) is -0.563. The summed E-state index contributed by atoms with van der Waals surface area (Å²) >= 11 is 0. The average molecular weight is 466 g/mol. The first-order valence-electron chi connectivity index (χ1n) is 10.8. The lowest BCUT2D eigenvalue weighted by Gasteiger charge is -2.28. The van der Waals surface area contributed by atoms with Crippen LogP contribution in [0, 0.1) is 5.82 Å². The number of carbonyl (C=O) groups excluding carboxylic acids is 1. The average Bonchev–Trinajstić information content (AvgIpc) is 3.46. The van der Waals surface area contributed by atoms with Gasteiger partial charge in [-0.05, 0) is 62.0 Å². The fraction of sp³-hybridized carbons (Fsp3) is 0.417. The van der Waals surface area contributed by atoms with Gasteiger partial charge in [0.1, 0.15) is 5.82 Å². The Bertz CT molecular complexity index is 960. The van der Waals surface area contributed by atoms with Crippen LogP contribution in [0.5, 0.6) is 0 Å². The minimum Gasteiger partial charge on any atom is -0.475 e. The fourth-order valence-corrected chi connectivity index (χ4v) is 4.21. The summed E-state index contributed by atoms with van der Waals surface area (Å²) in [5.41, 5.74) is 1.95. The van der Waals surface area contributed by atoms with Crippen molar-refractivity contribution in [3.05, 3.63) is 59.9 Å². The van der Waals surface area contributed by atoms with E-state index in [0.717, 1.165) is 50.1 Å². The van der Waals surface area contributed by atoms with Crippen LogP contribution in [0.25, 0.3) is 11.1 Å². The Labute approximate surface area is 189 Å². The molecule has 2 heterocycles. The first kappa shape index (κ1) is 24.7. The molecule has 1 unspecified atom stereocenters. The Kier molecular flexibility index (Phi) is 8.07. The van der Waals surface area contributed by atoms with Crippen molar-refractivity contribution in [1.29, 1.82) is 0 Å². The molecule has 2 fully saturated rings. The van der Waals surface area contributed by atoms with Crippen LogP contribution in [0.4, 0.5) is 17.6 Å². The zero-order chi connectivity index (χ0) is 24.0. The topological polar surface area (TPSA) is 60.9 Å². The van der Waals surface area contributed by atoms with E-state index in [9.17, 15) is 22.4 Å². The number of hydrogen-bond acceptors (Lipinski definition) is 3. The van der Waals surface area contributed by atoms with Gasteiger partial charge in [-0.2, -0.15) is 13.2 Å². The Balaban J connectivity index is 0.000000383. The third-order valence-corrected chi connectivity index (χ3v) is 5.85. The van der Waals surface area contributed by atoms with E-state index in [1.165, 1.54) is 18.9 Å². The van der Waals surface area contributed by atoms with Crippen molar-refractivity contribution in [2.75, 3.05) is 26.2 Å². The van der Waals surface area contributed by atoms with Gasteiger partial charge in [-0.1, -0.05) is 36.4 Å². The van der Waals surface area contributed by atoms with E-state index < -0.39 is 18.0 Å². The van der Waals surface area contributed by atoms with Crippen LogP contribution >= 0.6 is 0 Å². The zero-order valence-electron chi connectivity index (χ0n) is 18.0. The minimum absolute atomic E-state index is 0.163. The normalized spacial score (nSPS) is 18.7. The van der Waals surface area contributed by atoms with Gasteiger partial charge in [-0.25, -0.2) is 9.18 Å². The van der Waals surface area contributed by atoms with Gasteiger partial charge in [-0.3, -0.25) is 4.79 Å². The predicted molar refractivity (Wildman–Crippen MR) is 115 cm³/mol. The van der Waals surface area contributed by atoms with E-state index in [4.69, 9.17) is 9.90 Å². The number of benzene rings is 2. The Morgan fingerprint density at radius 3 is 2.15 bits per heavy atom. The van der Waals surface area contributed by atoms with Gasteiger partial charge in [0.05, 0.1) is 5.56 Å². The summed E-state index contributed by atoms with van der Waals surface area (Å²) in [6, 6.07) is 14.9. The minimum atomic E-state index is -5.08. The summed E-state index contributed by atoms with van der Waals surface area (Å²) < 4.78 is 46.4. The lowest BCUT2D eigenvalue weighted by Crippen LogP contribution is -2.42. The van der Waals surface area contributed by atoms with E-state index in [-0.39, 0.29) is 17.5 Å². The van der Waals surface area contributed by atoms with E-state index >= 15 is 0 Å². The molecule has 2 aliphatic rings. The second-order valence-corrected chi connectivity index (χ2v) is 8.17. The van der Waals surface area contributed by atoms with Crippen LogP contribution in [0.1, 0.15) is 36.0 Å². The smallest absolute Gasteiger partial charge is 0.475 e. The number of halogens is 4. The molecule has 0 bridgehead atoms. The van der Waals surface area contributed by atoms with Crippen molar-refractivity contribution in [2.45, 2.75) is 37.9 Å². The quantitative estimate of drug-likeness (QED) is 0.656. The first-order chi connectivity index (χ1) is 15.7. The number of alkyl halides is 3. The number of nitrogens with zero attached hydrogens (tertiary/aromatic N) is 2. The fourth-order valence-electron chi connectivity index (χ4n) is 4.21. The highest BCUT2D eigenvalue weighted by molar-refractivity contribution is 5.95. The molecule has 0 saturated carbocycles. The molecule has 2 aliphatic heterocycles. The van der Waals surface area contributed by atoms with Crippen LogP contribution in [0.15, 0.2) is 48.5 Å². The summed E-state index contributed by atoms with van der Waals surface area (Å²) in [7, 11) is 0. The number of carboxylic acids is 1. The monoisotopic (exact) mass is 466 g/mol. The van der Waals surface area contributed by atoms with Crippen molar-refractivity contribution in [2.24, 2.45) is 0 Å². The second-order valence-electron chi connectivity index (χ2n) is 8.17. The highest BCUT2D eigenvalue weighted by atomic mass is 19.4. The molecule has 1 amide bonds. The molecule has 0 spiro atoms. The largest absolute Gasteiger partial charge is 0.490 e. The maximum absolute atomic E-state index is 14.7. The number of carbonyl (C=O) groups is 2. The van der Waals surface area contributed by atoms with Crippen LogP contribution in [0.2, 0.25) is 0 Å². The second kappa shape index (κ2) is 10.8. The number of carboxylic acid groups (broad SMARTS) is 1. The maximum Gasteiger partial charge on any atom is 0.490 e. The molecular weight excluding hydrogens is 440 g/mol. The Morgan fingerprint density at radius 1 is 0.939 bits per heavy atom. The van der Waals surface area contributed by atoms with Gasteiger partial charge in [-0.15, -0.1) is 0 Å². The van der Waals surface area contributed by atoms with Crippen molar-refractivity contribution >= 4 is 11.9 Å². The van der Waals surface area contributed by atoms with Gasteiger partial charge in [0.25, 0.3) is 5.91 Å². The lowest BCUT2D eigenvalue weighted by molar-refractivity contribution is -0.192. The lowest BCUT2D eigenvalue weighted by atomic mass is 10.0. The molecular formula is C24H26F4N2O3. The first-order valence-corrected chi connectivity index (χ1v) is 10.8. The summed E-state index contributed by atoms with van der Waals surface area (Å²) in [4.78, 5) is 26.2. The molecule has 4 rings (SSSR count). The Morgan fingerprint density at radius 2 is 1.58 bits per heavy atom. The highest BCUT2D eigenvalue weighted by Crippen LogP contribution is 2.26. The maximum atomic E-state index is 14.7. The molecule has 1 atom stereocenters. The third-order valence-electron chi connectivity index (χ3n) is 5.85. The van der Waals surface area contributed by atoms with Crippen molar-refractivity contribution in [1.82, 2.24) is 9.80 Å². The molecule has 2 saturated heterocycles. The predicted octanol–water partition coefficient (Wildman–Crippen LogP) is 4.83. The molecule has 33 heavy (non-hydrogen) atoms. The number of likely N-dealkylation sites (tertiary alicyclic amines) is 2. The number of rotatable bonds is 4. The summed E-state index contributed by atoms with van der Waals surface area (Å²) in [5.74, 6) is -3.35. The molecule has 1 N–H and O–H groups in total. The van der Waals surface area contributed by atoms with Gasteiger partial charge < -0.3 is 14.9 Å². The number of aliphatic carboxylic acids is 1. The van der Waals surface area contributed by atoms with Crippen LogP contribution < -0.4 is 0 Å². The number of amides is 1. The molecule has 9 heteroatoms. The molecule has 0 aliphatic carbocycles. The van der Waals surface area contributed by atoms with Gasteiger partial charge in [0.15, 0.2) is 0 Å². The molecule has 0 aromatic heterocycles. The zero-order valence-corrected chi connectivity index (χ0v) is 18.0. The van der Waals surface area contributed by atoms with Crippen LogP contribution in [0.3, 0.4) is 0 Å².